The Morgan fingerprint density at radius 3 is 2.88 bits per heavy atom. The van der Waals surface area contributed by atoms with Gasteiger partial charge in [0.05, 0.1) is 12.6 Å². The zero-order valence-electron chi connectivity index (χ0n) is 9.31. The van der Waals surface area contributed by atoms with Crippen molar-refractivity contribution in [2.75, 3.05) is 13.1 Å². The van der Waals surface area contributed by atoms with Crippen molar-refractivity contribution >= 4 is 18.1 Å². The van der Waals surface area contributed by atoms with Gasteiger partial charge in [0.25, 0.3) is 0 Å². The number of likely N-dealkylation sites (tertiary alicyclic amines) is 1. The molecule has 1 rings (SSSR count). The first kappa shape index (κ1) is 12.6. The van der Waals surface area contributed by atoms with Gasteiger partial charge < -0.3 is 20.7 Å². The van der Waals surface area contributed by atoms with E-state index in [9.17, 15) is 14.4 Å². The normalized spacial score (nSPS) is 21.6. The monoisotopic (exact) mass is 227 g/mol. The summed E-state index contributed by atoms with van der Waals surface area (Å²) in [4.78, 5) is 35.1. The lowest BCUT2D eigenvalue weighted by molar-refractivity contribution is -0.138. The molecule has 1 heterocycles. The largest absolute Gasteiger partial charge is 0.343 e. The molecule has 0 aromatic heterocycles. The van der Waals surface area contributed by atoms with Gasteiger partial charge in [-0.1, -0.05) is 0 Å². The van der Waals surface area contributed by atoms with Gasteiger partial charge in [-0.15, -0.1) is 0 Å². The van der Waals surface area contributed by atoms with Crippen LogP contribution >= 0.6 is 0 Å². The molecule has 0 aromatic carbocycles. The van der Waals surface area contributed by atoms with E-state index in [2.05, 4.69) is 5.32 Å². The quantitative estimate of drug-likeness (QED) is 0.580. The fraction of sp³-hybridized carbons (Fsp3) is 0.700. The summed E-state index contributed by atoms with van der Waals surface area (Å²) in [5.74, 6) is -0.598. The Labute approximate surface area is 94.2 Å². The second-order valence-corrected chi connectivity index (χ2v) is 3.87. The highest BCUT2D eigenvalue weighted by atomic mass is 16.2. The van der Waals surface area contributed by atoms with Gasteiger partial charge in [-0.3, -0.25) is 9.59 Å². The molecule has 0 aromatic rings. The molecule has 6 nitrogen and oxygen atoms in total. The van der Waals surface area contributed by atoms with E-state index in [-0.39, 0.29) is 24.4 Å². The van der Waals surface area contributed by atoms with Crippen LogP contribution < -0.4 is 11.1 Å². The van der Waals surface area contributed by atoms with Crippen molar-refractivity contribution in [3.05, 3.63) is 0 Å². The van der Waals surface area contributed by atoms with Gasteiger partial charge >= 0.3 is 0 Å². The van der Waals surface area contributed by atoms with Crippen molar-refractivity contribution in [2.24, 2.45) is 5.73 Å². The number of rotatable bonds is 4. The summed E-state index contributed by atoms with van der Waals surface area (Å²) in [6.07, 6.45) is 2.31. The Bertz CT molecular complexity index is 293. The Morgan fingerprint density at radius 1 is 1.62 bits per heavy atom. The molecule has 1 fully saturated rings. The van der Waals surface area contributed by atoms with Gasteiger partial charge in [0.1, 0.15) is 12.3 Å². The van der Waals surface area contributed by atoms with Crippen LogP contribution in [0.3, 0.4) is 0 Å². The van der Waals surface area contributed by atoms with Gasteiger partial charge in [-0.05, 0) is 19.8 Å². The second kappa shape index (κ2) is 5.60. The van der Waals surface area contributed by atoms with Gasteiger partial charge in [0.15, 0.2) is 0 Å². The Balaban J connectivity index is 2.56. The summed E-state index contributed by atoms with van der Waals surface area (Å²) < 4.78 is 0. The van der Waals surface area contributed by atoms with E-state index in [1.165, 1.54) is 4.90 Å². The maximum absolute atomic E-state index is 11.9. The van der Waals surface area contributed by atoms with Crippen LogP contribution in [-0.2, 0) is 14.4 Å². The first-order valence-corrected chi connectivity index (χ1v) is 5.35. The summed E-state index contributed by atoms with van der Waals surface area (Å²) in [6.45, 7) is 2.02. The Kier molecular flexibility index (Phi) is 4.42. The molecule has 1 aliphatic rings. The summed E-state index contributed by atoms with van der Waals surface area (Å²) in [5, 5.41) is 2.48. The standard InChI is InChI=1S/C10H17N3O3/c1-7(12-9(15)5-11)10(16)13-4-2-3-8(13)6-14/h6-8H,2-5,11H2,1H3,(H,12,15)/t7-,8-/m0/s1. The number of nitrogens with two attached hydrogens (primary N) is 1. The van der Waals surface area contributed by atoms with Crippen LogP contribution in [0.4, 0.5) is 0 Å². The molecule has 0 unspecified atom stereocenters. The van der Waals surface area contributed by atoms with Crippen LogP contribution in [-0.4, -0.2) is 48.2 Å². The van der Waals surface area contributed by atoms with Gasteiger partial charge in [-0.2, -0.15) is 0 Å². The molecule has 0 aliphatic carbocycles. The predicted molar refractivity (Wildman–Crippen MR) is 57.5 cm³/mol. The Hall–Kier alpha value is -1.43. The minimum absolute atomic E-state index is 0.144. The average Bonchev–Trinajstić information content (AvgIpc) is 2.75. The molecule has 0 saturated carbocycles. The Morgan fingerprint density at radius 2 is 2.31 bits per heavy atom. The number of hydrogen-bond donors (Lipinski definition) is 2. The van der Waals surface area contributed by atoms with E-state index in [0.29, 0.717) is 13.0 Å². The van der Waals surface area contributed by atoms with E-state index in [1.54, 1.807) is 6.92 Å². The van der Waals surface area contributed by atoms with Crippen LogP contribution in [0.1, 0.15) is 19.8 Å². The molecule has 16 heavy (non-hydrogen) atoms. The maximum Gasteiger partial charge on any atom is 0.245 e. The zero-order valence-corrected chi connectivity index (χ0v) is 9.31. The van der Waals surface area contributed by atoms with Crippen molar-refractivity contribution in [3.63, 3.8) is 0 Å². The number of aldehydes is 1. The highest BCUT2D eigenvalue weighted by molar-refractivity contribution is 5.89. The molecule has 2 amide bonds. The van der Waals surface area contributed by atoms with Crippen LogP contribution in [0.2, 0.25) is 0 Å². The average molecular weight is 227 g/mol. The van der Waals surface area contributed by atoms with Crippen molar-refractivity contribution in [3.8, 4) is 0 Å². The molecule has 1 saturated heterocycles. The van der Waals surface area contributed by atoms with E-state index in [4.69, 9.17) is 5.73 Å². The van der Waals surface area contributed by atoms with E-state index < -0.39 is 6.04 Å². The number of carbonyl (C=O) groups is 3. The number of carbonyl (C=O) groups excluding carboxylic acids is 3. The lowest BCUT2D eigenvalue weighted by atomic mass is 10.2. The summed E-state index contributed by atoms with van der Waals surface area (Å²) >= 11 is 0. The molecule has 1 aliphatic heterocycles. The van der Waals surface area contributed by atoms with Crippen LogP contribution in [0.5, 0.6) is 0 Å². The predicted octanol–water partition coefficient (Wildman–Crippen LogP) is -1.36. The zero-order chi connectivity index (χ0) is 12.1. The molecule has 90 valence electrons. The fourth-order valence-corrected chi connectivity index (χ4v) is 1.82. The first-order valence-electron chi connectivity index (χ1n) is 5.35. The number of hydrogen-bond acceptors (Lipinski definition) is 4. The van der Waals surface area contributed by atoms with Crippen LogP contribution in [0, 0.1) is 0 Å². The van der Waals surface area contributed by atoms with Crippen molar-refractivity contribution in [1.29, 1.82) is 0 Å². The SMILES string of the molecule is C[C@H](NC(=O)CN)C(=O)N1CCC[C@H]1C=O. The lowest BCUT2D eigenvalue weighted by Gasteiger charge is -2.24. The second-order valence-electron chi connectivity index (χ2n) is 3.87. The fourth-order valence-electron chi connectivity index (χ4n) is 1.82. The van der Waals surface area contributed by atoms with E-state index in [1.807, 2.05) is 0 Å². The smallest absolute Gasteiger partial charge is 0.245 e. The minimum Gasteiger partial charge on any atom is -0.343 e. The number of nitrogens with one attached hydrogen (secondary N) is 1. The maximum atomic E-state index is 11.9. The third kappa shape index (κ3) is 2.79. The highest BCUT2D eigenvalue weighted by Gasteiger charge is 2.31. The molecule has 3 N–H and O–H groups in total. The van der Waals surface area contributed by atoms with Gasteiger partial charge in [0, 0.05) is 6.54 Å². The van der Waals surface area contributed by atoms with Gasteiger partial charge in [0.2, 0.25) is 11.8 Å². The molecule has 6 heteroatoms. The molecule has 0 radical (unpaired) electrons. The third-order valence-corrected chi connectivity index (χ3v) is 2.67. The minimum atomic E-state index is -0.628. The molecule has 0 bridgehead atoms. The molecule has 2 atom stereocenters. The summed E-state index contributed by atoms with van der Waals surface area (Å²) in [6, 6.07) is -0.971. The first-order chi connectivity index (χ1) is 7.60. The lowest BCUT2D eigenvalue weighted by Crippen LogP contribution is -2.50. The topological polar surface area (TPSA) is 92.5 Å². The van der Waals surface area contributed by atoms with Crippen molar-refractivity contribution < 1.29 is 14.4 Å². The van der Waals surface area contributed by atoms with Crippen molar-refractivity contribution in [1.82, 2.24) is 10.2 Å². The molecule has 0 spiro atoms. The van der Waals surface area contributed by atoms with Crippen molar-refractivity contribution in [2.45, 2.75) is 31.8 Å². The van der Waals surface area contributed by atoms with Gasteiger partial charge in [-0.25, -0.2) is 0 Å². The summed E-state index contributed by atoms with van der Waals surface area (Å²) in [5.41, 5.74) is 5.13. The van der Waals surface area contributed by atoms with E-state index in [0.717, 1.165) is 12.7 Å². The molecular formula is C10H17N3O3. The van der Waals surface area contributed by atoms with E-state index >= 15 is 0 Å². The number of amides is 2. The molecular weight excluding hydrogens is 210 g/mol. The van der Waals surface area contributed by atoms with Crippen LogP contribution in [0.15, 0.2) is 0 Å². The highest BCUT2D eigenvalue weighted by Crippen LogP contribution is 2.16. The number of nitrogens with zero attached hydrogens (tertiary/aromatic N) is 1. The summed E-state index contributed by atoms with van der Waals surface area (Å²) in [7, 11) is 0. The third-order valence-electron chi connectivity index (χ3n) is 2.67. The van der Waals surface area contributed by atoms with Crippen LogP contribution in [0.25, 0.3) is 0 Å².